The van der Waals surface area contributed by atoms with Gasteiger partial charge in [-0.05, 0) is 12.8 Å². The molecule has 0 atom stereocenters. The normalized spacial score (nSPS) is 13.1. The van der Waals surface area contributed by atoms with Crippen molar-refractivity contribution in [1.29, 1.82) is 0 Å². The van der Waals surface area contributed by atoms with Crippen molar-refractivity contribution in [1.82, 2.24) is 9.97 Å². The van der Waals surface area contributed by atoms with Gasteiger partial charge in [0.25, 0.3) is 5.56 Å². The maximum absolute atomic E-state index is 11.6. The van der Waals surface area contributed by atoms with Crippen LogP contribution in [0.25, 0.3) is 11.4 Å². The Balaban J connectivity index is 2.18. The number of hydrogen-bond donors (Lipinski definition) is 1. The summed E-state index contributed by atoms with van der Waals surface area (Å²) in [5.74, 6) is 0.680. The molecule has 0 fully saturated rings. The van der Waals surface area contributed by atoms with Gasteiger partial charge >= 0.3 is 0 Å². The number of nitrogens with one attached hydrogen (secondary N) is 1. The van der Waals surface area contributed by atoms with Gasteiger partial charge < -0.3 is 4.98 Å². The first-order chi connectivity index (χ1) is 7.34. The molecule has 0 unspecified atom stereocenters. The summed E-state index contributed by atoms with van der Waals surface area (Å²) in [5.41, 5.74) is 2.79. The predicted octanol–water partition coefficient (Wildman–Crippen LogP) is 1.54. The van der Waals surface area contributed by atoms with E-state index in [9.17, 15) is 4.79 Å². The molecule has 1 aliphatic rings. The lowest BCUT2D eigenvalue weighted by atomic mass is 9.95. The van der Waals surface area contributed by atoms with E-state index in [2.05, 4.69) is 9.97 Å². The van der Waals surface area contributed by atoms with E-state index in [-0.39, 0.29) is 5.56 Å². The highest BCUT2D eigenvalue weighted by Gasteiger charge is 2.19. The van der Waals surface area contributed by atoms with Gasteiger partial charge in [-0.3, -0.25) is 4.79 Å². The summed E-state index contributed by atoms with van der Waals surface area (Å²) >= 11 is 0. The molecule has 1 heterocycles. The van der Waals surface area contributed by atoms with Crippen molar-refractivity contribution in [3.05, 3.63) is 51.9 Å². The molecule has 3 heteroatoms. The summed E-state index contributed by atoms with van der Waals surface area (Å²) < 4.78 is 0. The van der Waals surface area contributed by atoms with Crippen molar-refractivity contribution in [2.24, 2.45) is 0 Å². The largest absolute Gasteiger partial charge is 0.306 e. The topological polar surface area (TPSA) is 45.8 Å². The Morgan fingerprint density at radius 2 is 1.93 bits per heavy atom. The van der Waals surface area contributed by atoms with E-state index >= 15 is 0 Å². The number of nitrogens with zero attached hydrogens (tertiary/aromatic N) is 1. The second-order valence-electron chi connectivity index (χ2n) is 3.71. The van der Waals surface area contributed by atoms with Gasteiger partial charge in [0.05, 0.1) is 5.69 Å². The molecule has 3 nitrogen and oxygen atoms in total. The molecule has 0 spiro atoms. The minimum absolute atomic E-state index is 0.0186. The van der Waals surface area contributed by atoms with Crippen LogP contribution < -0.4 is 5.56 Å². The van der Waals surface area contributed by atoms with Gasteiger partial charge in [-0.25, -0.2) is 4.98 Å². The summed E-state index contributed by atoms with van der Waals surface area (Å²) in [7, 11) is 0. The van der Waals surface area contributed by atoms with Crippen molar-refractivity contribution in [2.75, 3.05) is 0 Å². The van der Waals surface area contributed by atoms with E-state index in [4.69, 9.17) is 0 Å². The lowest BCUT2D eigenvalue weighted by molar-refractivity contribution is 0.759. The minimum atomic E-state index is 0.0186. The number of hydrogen-bond acceptors (Lipinski definition) is 2. The zero-order chi connectivity index (χ0) is 10.3. The highest BCUT2D eigenvalue weighted by atomic mass is 16.1. The number of rotatable bonds is 1. The molecule has 1 N–H and O–H groups in total. The Labute approximate surface area is 86.8 Å². The second kappa shape index (κ2) is 3.05. The molecule has 2 aromatic rings. The Kier molecular flexibility index (Phi) is 1.71. The van der Waals surface area contributed by atoms with Crippen LogP contribution >= 0.6 is 0 Å². The van der Waals surface area contributed by atoms with Gasteiger partial charge in [0.15, 0.2) is 0 Å². The van der Waals surface area contributed by atoms with E-state index in [1.165, 1.54) is 0 Å². The van der Waals surface area contributed by atoms with Gasteiger partial charge in [0, 0.05) is 11.1 Å². The maximum Gasteiger partial charge on any atom is 0.254 e. The molecule has 74 valence electrons. The summed E-state index contributed by atoms with van der Waals surface area (Å²) in [6, 6.07) is 9.72. The molecule has 0 amide bonds. The Bertz CT molecular complexity index is 558. The fourth-order valence-electron chi connectivity index (χ4n) is 1.81. The SMILES string of the molecule is O=c1[nH]c(-c2ccccc2)nc2c1CC2. The molecule has 15 heavy (non-hydrogen) atoms. The number of aryl methyl sites for hydroxylation is 1. The second-order valence-corrected chi connectivity index (χ2v) is 3.71. The van der Waals surface area contributed by atoms with Crippen LogP contribution in [0.15, 0.2) is 35.1 Å². The smallest absolute Gasteiger partial charge is 0.254 e. The van der Waals surface area contributed by atoms with Gasteiger partial charge in [-0.2, -0.15) is 0 Å². The van der Waals surface area contributed by atoms with Crippen LogP contribution in [0.4, 0.5) is 0 Å². The molecule has 0 radical (unpaired) electrons. The molecule has 1 aromatic heterocycles. The van der Waals surface area contributed by atoms with Crippen molar-refractivity contribution < 1.29 is 0 Å². The number of fused-ring (bicyclic) bond motifs is 1. The molecule has 0 aliphatic heterocycles. The number of aromatic nitrogens is 2. The van der Waals surface area contributed by atoms with Crippen LogP contribution in [0.2, 0.25) is 0 Å². The van der Waals surface area contributed by atoms with Gasteiger partial charge in [-0.1, -0.05) is 30.3 Å². The van der Waals surface area contributed by atoms with Crippen LogP contribution in [0.3, 0.4) is 0 Å². The van der Waals surface area contributed by atoms with Gasteiger partial charge in [-0.15, -0.1) is 0 Å². The van der Waals surface area contributed by atoms with Crippen molar-refractivity contribution >= 4 is 0 Å². The summed E-state index contributed by atoms with van der Waals surface area (Å²) in [6.45, 7) is 0. The van der Waals surface area contributed by atoms with Crippen LogP contribution in [0.5, 0.6) is 0 Å². The van der Waals surface area contributed by atoms with Crippen molar-refractivity contribution in [2.45, 2.75) is 12.8 Å². The van der Waals surface area contributed by atoms with E-state index in [1.54, 1.807) is 0 Å². The van der Waals surface area contributed by atoms with E-state index < -0.39 is 0 Å². The Morgan fingerprint density at radius 1 is 1.13 bits per heavy atom. The minimum Gasteiger partial charge on any atom is -0.306 e. The first-order valence-electron chi connectivity index (χ1n) is 5.02. The van der Waals surface area contributed by atoms with E-state index in [1.807, 2.05) is 30.3 Å². The lowest BCUT2D eigenvalue weighted by Crippen LogP contribution is -2.26. The third kappa shape index (κ3) is 1.28. The van der Waals surface area contributed by atoms with E-state index in [0.717, 1.165) is 29.7 Å². The number of H-pyrrole nitrogens is 1. The zero-order valence-corrected chi connectivity index (χ0v) is 8.16. The monoisotopic (exact) mass is 198 g/mol. The summed E-state index contributed by atoms with van der Waals surface area (Å²) in [5, 5.41) is 0. The first kappa shape index (κ1) is 8.41. The van der Waals surface area contributed by atoms with Crippen molar-refractivity contribution in [3.63, 3.8) is 0 Å². The van der Waals surface area contributed by atoms with Gasteiger partial charge in [0.2, 0.25) is 0 Å². The molecule has 1 aliphatic carbocycles. The molecular weight excluding hydrogens is 188 g/mol. The van der Waals surface area contributed by atoms with Crippen LogP contribution in [-0.4, -0.2) is 9.97 Å². The predicted molar refractivity (Wildman–Crippen MR) is 57.7 cm³/mol. The average molecular weight is 198 g/mol. The first-order valence-corrected chi connectivity index (χ1v) is 5.02. The van der Waals surface area contributed by atoms with Gasteiger partial charge in [0.1, 0.15) is 5.82 Å². The Hall–Kier alpha value is -1.90. The summed E-state index contributed by atoms with van der Waals surface area (Å²) in [4.78, 5) is 18.8. The molecular formula is C12H10N2O. The molecule has 0 saturated heterocycles. The average Bonchev–Trinajstić information content (AvgIpc) is 2.22. The summed E-state index contributed by atoms with van der Waals surface area (Å²) in [6.07, 6.45) is 1.80. The van der Waals surface area contributed by atoms with Crippen LogP contribution in [0, 0.1) is 0 Å². The molecule has 0 saturated carbocycles. The number of aromatic amines is 1. The van der Waals surface area contributed by atoms with Crippen molar-refractivity contribution in [3.8, 4) is 11.4 Å². The number of benzene rings is 1. The zero-order valence-electron chi connectivity index (χ0n) is 8.16. The van der Waals surface area contributed by atoms with E-state index in [0.29, 0.717) is 5.82 Å². The Morgan fingerprint density at radius 3 is 2.53 bits per heavy atom. The third-order valence-corrected chi connectivity index (χ3v) is 2.76. The molecule has 0 bridgehead atoms. The third-order valence-electron chi connectivity index (χ3n) is 2.76. The fraction of sp³-hybridized carbons (Fsp3) is 0.167. The highest BCUT2D eigenvalue weighted by Crippen LogP contribution is 2.19. The standard InChI is InChI=1S/C12H10N2O/c15-12-9-6-7-10(9)13-11(14-12)8-4-2-1-3-5-8/h1-5H,6-7H2,(H,13,14,15). The lowest BCUT2D eigenvalue weighted by Gasteiger charge is -2.16. The quantitative estimate of drug-likeness (QED) is 0.755. The molecule has 3 rings (SSSR count). The molecule has 1 aromatic carbocycles. The highest BCUT2D eigenvalue weighted by molar-refractivity contribution is 5.55. The fourth-order valence-corrected chi connectivity index (χ4v) is 1.81. The van der Waals surface area contributed by atoms with Crippen LogP contribution in [-0.2, 0) is 12.8 Å². The maximum atomic E-state index is 11.6. The van der Waals surface area contributed by atoms with Crippen LogP contribution in [0.1, 0.15) is 11.3 Å².